The van der Waals surface area contributed by atoms with Gasteiger partial charge in [0.15, 0.2) is 4.90 Å². The van der Waals surface area contributed by atoms with Crippen LogP contribution in [0.2, 0.25) is 0 Å². The first kappa shape index (κ1) is 19.7. The average Bonchev–Trinajstić information content (AvgIpc) is 3.17. The maximum atomic E-state index is 13.9. The summed E-state index contributed by atoms with van der Waals surface area (Å²) in [6.45, 7) is 1.89. The van der Waals surface area contributed by atoms with E-state index in [0.717, 1.165) is 33.8 Å². The number of aromatic nitrogens is 2. The summed E-state index contributed by atoms with van der Waals surface area (Å²) >= 11 is 0. The van der Waals surface area contributed by atoms with Crippen molar-refractivity contribution in [2.24, 2.45) is 0 Å². The highest BCUT2D eigenvalue weighted by Gasteiger charge is 2.33. The third kappa shape index (κ3) is 4.07. The normalized spacial score (nSPS) is 16.2. The Morgan fingerprint density at radius 3 is 2.21 bits per heavy atom. The fourth-order valence-corrected chi connectivity index (χ4v) is 4.94. The van der Waals surface area contributed by atoms with Crippen molar-refractivity contribution < 1.29 is 17.2 Å². The zero-order chi connectivity index (χ0) is 20.4. The minimum absolute atomic E-state index is 0.170. The van der Waals surface area contributed by atoms with Gasteiger partial charge in [-0.05, 0) is 24.3 Å². The molecule has 0 bridgehead atoms. The molecular formula is C20H20F2N4O2S. The van der Waals surface area contributed by atoms with Gasteiger partial charge in [0.05, 0.1) is 11.9 Å². The molecule has 29 heavy (non-hydrogen) atoms. The molecule has 1 aromatic heterocycles. The van der Waals surface area contributed by atoms with Crippen molar-refractivity contribution in [3.63, 3.8) is 0 Å². The monoisotopic (exact) mass is 418 g/mol. The van der Waals surface area contributed by atoms with Crippen LogP contribution in [0.5, 0.6) is 0 Å². The van der Waals surface area contributed by atoms with Crippen LogP contribution in [-0.4, -0.2) is 53.6 Å². The van der Waals surface area contributed by atoms with E-state index >= 15 is 0 Å². The van der Waals surface area contributed by atoms with Crippen LogP contribution in [0.25, 0.3) is 5.69 Å². The average molecular weight is 418 g/mol. The molecule has 9 heteroatoms. The summed E-state index contributed by atoms with van der Waals surface area (Å²) in [6.07, 6.45) is 3.72. The molecule has 0 atom stereocenters. The Morgan fingerprint density at radius 2 is 1.55 bits per heavy atom. The predicted octanol–water partition coefficient (Wildman–Crippen LogP) is 2.66. The number of rotatable bonds is 5. The van der Waals surface area contributed by atoms with E-state index in [1.165, 1.54) is 0 Å². The first-order valence-electron chi connectivity index (χ1n) is 9.20. The summed E-state index contributed by atoms with van der Waals surface area (Å²) in [5.74, 6) is -2.14. The molecule has 0 amide bonds. The van der Waals surface area contributed by atoms with Gasteiger partial charge in [0.2, 0.25) is 10.0 Å². The largest absolute Gasteiger partial charge is 0.296 e. The van der Waals surface area contributed by atoms with Gasteiger partial charge in [0, 0.05) is 44.5 Å². The molecule has 1 aliphatic rings. The number of nitrogens with zero attached hydrogens (tertiary/aromatic N) is 4. The van der Waals surface area contributed by atoms with Crippen LogP contribution in [0.4, 0.5) is 8.78 Å². The fourth-order valence-electron chi connectivity index (χ4n) is 3.41. The van der Waals surface area contributed by atoms with Crippen LogP contribution < -0.4 is 0 Å². The molecule has 152 valence electrons. The number of piperazine rings is 1. The van der Waals surface area contributed by atoms with Gasteiger partial charge in [0.25, 0.3) is 0 Å². The van der Waals surface area contributed by atoms with E-state index in [4.69, 9.17) is 0 Å². The number of para-hydroxylation sites is 1. The van der Waals surface area contributed by atoms with Gasteiger partial charge in [-0.1, -0.05) is 24.3 Å². The molecule has 2 heterocycles. The van der Waals surface area contributed by atoms with Crippen molar-refractivity contribution in [3.8, 4) is 5.69 Å². The highest BCUT2D eigenvalue weighted by molar-refractivity contribution is 7.89. The molecular weight excluding hydrogens is 398 g/mol. The Hall–Kier alpha value is -2.62. The minimum atomic E-state index is -4.21. The number of sulfonamides is 1. The maximum absolute atomic E-state index is 13.9. The SMILES string of the molecule is O=S(=O)(c1c(F)cccc1F)N1CCN(Cc2cnn(-c3ccccc3)c2)CC1. The third-order valence-corrected chi connectivity index (χ3v) is 6.86. The van der Waals surface area contributed by atoms with Gasteiger partial charge in [-0.25, -0.2) is 21.9 Å². The summed E-state index contributed by atoms with van der Waals surface area (Å²) in [4.78, 5) is 1.22. The number of benzene rings is 2. The van der Waals surface area contributed by atoms with Crippen molar-refractivity contribution in [2.75, 3.05) is 26.2 Å². The van der Waals surface area contributed by atoms with Gasteiger partial charge in [-0.3, -0.25) is 4.90 Å². The lowest BCUT2D eigenvalue weighted by molar-refractivity contribution is 0.181. The van der Waals surface area contributed by atoms with Crippen LogP contribution >= 0.6 is 0 Å². The Labute approximate surface area is 168 Å². The fraction of sp³-hybridized carbons (Fsp3) is 0.250. The summed E-state index contributed by atoms with van der Waals surface area (Å²) in [5.41, 5.74) is 1.96. The van der Waals surface area contributed by atoms with Crippen LogP contribution in [-0.2, 0) is 16.6 Å². The lowest BCUT2D eigenvalue weighted by Gasteiger charge is -2.33. The molecule has 6 nitrogen and oxygen atoms in total. The van der Waals surface area contributed by atoms with E-state index in [0.29, 0.717) is 19.6 Å². The van der Waals surface area contributed by atoms with Gasteiger partial charge >= 0.3 is 0 Å². The number of hydrogen-bond acceptors (Lipinski definition) is 4. The van der Waals surface area contributed by atoms with Crippen LogP contribution in [0.1, 0.15) is 5.56 Å². The maximum Gasteiger partial charge on any atom is 0.249 e. The first-order valence-corrected chi connectivity index (χ1v) is 10.6. The van der Waals surface area contributed by atoms with E-state index < -0.39 is 26.6 Å². The summed E-state index contributed by atoms with van der Waals surface area (Å²) in [7, 11) is -4.21. The Bertz CT molecular complexity index is 1070. The van der Waals surface area contributed by atoms with Crippen molar-refractivity contribution in [1.29, 1.82) is 0 Å². The zero-order valence-electron chi connectivity index (χ0n) is 15.6. The molecule has 1 fully saturated rings. The molecule has 0 radical (unpaired) electrons. The van der Waals surface area contributed by atoms with Gasteiger partial charge in [-0.2, -0.15) is 9.40 Å². The Balaban J connectivity index is 1.41. The Kier molecular flexibility index (Phi) is 5.44. The molecule has 0 aliphatic carbocycles. The van der Waals surface area contributed by atoms with Gasteiger partial charge in [0.1, 0.15) is 11.6 Å². The second kappa shape index (κ2) is 8.02. The lowest BCUT2D eigenvalue weighted by atomic mass is 10.3. The molecule has 1 aliphatic heterocycles. The van der Waals surface area contributed by atoms with E-state index in [-0.39, 0.29) is 13.1 Å². The smallest absolute Gasteiger partial charge is 0.249 e. The van der Waals surface area contributed by atoms with Crippen molar-refractivity contribution >= 4 is 10.0 Å². The first-order chi connectivity index (χ1) is 13.9. The lowest BCUT2D eigenvalue weighted by Crippen LogP contribution is -2.48. The molecule has 4 rings (SSSR count). The second-order valence-electron chi connectivity index (χ2n) is 6.86. The zero-order valence-corrected chi connectivity index (χ0v) is 16.4. The Morgan fingerprint density at radius 1 is 0.897 bits per heavy atom. The van der Waals surface area contributed by atoms with Crippen LogP contribution in [0.15, 0.2) is 65.8 Å². The van der Waals surface area contributed by atoms with Gasteiger partial charge in [-0.15, -0.1) is 0 Å². The second-order valence-corrected chi connectivity index (χ2v) is 8.73. The van der Waals surface area contributed by atoms with E-state index in [9.17, 15) is 17.2 Å². The molecule has 0 spiro atoms. The van der Waals surface area contributed by atoms with E-state index in [1.807, 2.05) is 36.5 Å². The van der Waals surface area contributed by atoms with Gasteiger partial charge < -0.3 is 0 Å². The number of hydrogen-bond donors (Lipinski definition) is 0. The molecule has 0 N–H and O–H groups in total. The minimum Gasteiger partial charge on any atom is -0.296 e. The topological polar surface area (TPSA) is 58.4 Å². The van der Waals surface area contributed by atoms with Crippen LogP contribution in [0, 0.1) is 11.6 Å². The number of halogens is 2. The summed E-state index contributed by atoms with van der Waals surface area (Å²) in [6, 6.07) is 12.8. The molecule has 2 aromatic carbocycles. The quantitative estimate of drug-likeness (QED) is 0.639. The van der Waals surface area contributed by atoms with Crippen molar-refractivity contribution in [3.05, 3.63) is 78.1 Å². The third-order valence-electron chi connectivity index (χ3n) is 4.91. The highest BCUT2D eigenvalue weighted by atomic mass is 32.2. The molecule has 0 unspecified atom stereocenters. The predicted molar refractivity (Wildman–Crippen MR) is 104 cm³/mol. The van der Waals surface area contributed by atoms with Crippen LogP contribution in [0.3, 0.4) is 0 Å². The van der Waals surface area contributed by atoms with Crippen molar-refractivity contribution in [2.45, 2.75) is 11.4 Å². The summed E-state index contributed by atoms with van der Waals surface area (Å²) < 4.78 is 56.1. The van der Waals surface area contributed by atoms with E-state index in [1.54, 1.807) is 10.9 Å². The molecule has 3 aromatic rings. The molecule has 1 saturated heterocycles. The highest BCUT2D eigenvalue weighted by Crippen LogP contribution is 2.24. The standard InChI is InChI=1S/C20H20F2N4O2S/c21-18-7-4-8-19(22)20(18)29(27,28)25-11-9-24(10-12-25)14-16-13-23-26(15-16)17-5-2-1-3-6-17/h1-8,13,15H,9-12,14H2. The van der Waals surface area contributed by atoms with Crippen molar-refractivity contribution in [1.82, 2.24) is 19.0 Å². The van der Waals surface area contributed by atoms with E-state index in [2.05, 4.69) is 10.00 Å². The summed E-state index contributed by atoms with van der Waals surface area (Å²) in [5, 5.41) is 4.37. The molecule has 0 saturated carbocycles.